The molecule has 0 aliphatic carbocycles. The van der Waals surface area contributed by atoms with Crippen LogP contribution in [-0.2, 0) is 6.54 Å². The second-order valence-electron chi connectivity index (χ2n) is 4.98. The molecule has 1 heterocycles. The topological polar surface area (TPSA) is 15.3 Å². The molecular weight excluding hydrogens is 296 g/mol. The van der Waals surface area contributed by atoms with Crippen molar-refractivity contribution in [2.45, 2.75) is 33.4 Å². The molecule has 0 aromatic carbocycles. The standard InChI is InChI=1S/C13H23BrN2S/c1-10(2)11(3)15-5-6-16(4)8-12-7-13(14)17-9-12/h7,9-11,15H,5-6,8H2,1-4H3. The first-order chi connectivity index (χ1) is 7.99. The highest BCUT2D eigenvalue weighted by atomic mass is 79.9. The molecule has 1 atom stereocenters. The molecule has 1 unspecified atom stereocenters. The predicted molar refractivity (Wildman–Crippen MR) is 80.7 cm³/mol. The van der Waals surface area contributed by atoms with Crippen LogP contribution < -0.4 is 5.32 Å². The van der Waals surface area contributed by atoms with Gasteiger partial charge >= 0.3 is 0 Å². The second kappa shape index (κ2) is 7.52. The molecule has 0 bridgehead atoms. The molecule has 0 spiro atoms. The zero-order valence-electron chi connectivity index (χ0n) is 11.2. The van der Waals surface area contributed by atoms with E-state index in [1.165, 1.54) is 9.35 Å². The highest BCUT2D eigenvalue weighted by Gasteiger charge is 2.06. The van der Waals surface area contributed by atoms with Crippen LogP contribution in [0.2, 0.25) is 0 Å². The van der Waals surface area contributed by atoms with Crippen LogP contribution in [0.15, 0.2) is 15.2 Å². The maximum atomic E-state index is 3.56. The second-order valence-corrected chi connectivity index (χ2v) is 7.27. The van der Waals surface area contributed by atoms with Crippen LogP contribution in [0.25, 0.3) is 0 Å². The first-order valence-electron chi connectivity index (χ1n) is 6.14. The van der Waals surface area contributed by atoms with Crippen LogP contribution >= 0.6 is 27.3 Å². The van der Waals surface area contributed by atoms with Crippen molar-refractivity contribution in [3.63, 3.8) is 0 Å². The fourth-order valence-electron chi connectivity index (χ4n) is 1.54. The van der Waals surface area contributed by atoms with Crippen LogP contribution in [0.3, 0.4) is 0 Å². The number of hydrogen-bond acceptors (Lipinski definition) is 3. The van der Waals surface area contributed by atoms with Gasteiger partial charge in [0, 0.05) is 25.7 Å². The van der Waals surface area contributed by atoms with Gasteiger partial charge in [0.1, 0.15) is 0 Å². The van der Waals surface area contributed by atoms with Gasteiger partial charge in [-0.2, -0.15) is 0 Å². The minimum absolute atomic E-state index is 0.596. The van der Waals surface area contributed by atoms with Crippen molar-refractivity contribution in [2.24, 2.45) is 5.92 Å². The van der Waals surface area contributed by atoms with E-state index in [9.17, 15) is 0 Å². The van der Waals surface area contributed by atoms with Gasteiger partial charge in [0.05, 0.1) is 3.79 Å². The van der Waals surface area contributed by atoms with Crippen molar-refractivity contribution in [1.29, 1.82) is 0 Å². The summed E-state index contributed by atoms with van der Waals surface area (Å²) in [5.74, 6) is 0.702. The van der Waals surface area contributed by atoms with E-state index in [1.807, 2.05) is 0 Å². The Morgan fingerprint density at radius 2 is 2.12 bits per heavy atom. The van der Waals surface area contributed by atoms with Crippen LogP contribution in [0, 0.1) is 5.92 Å². The predicted octanol–water partition coefficient (Wildman–Crippen LogP) is 3.58. The Morgan fingerprint density at radius 3 is 2.65 bits per heavy atom. The molecule has 0 saturated carbocycles. The molecule has 1 N–H and O–H groups in total. The molecule has 0 aliphatic rings. The Bertz CT molecular complexity index is 325. The lowest BCUT2D eigenvalue weighted by molar-refractivity contribution is 0.309. The van der Waals surface area contributed by atoms with Crippen LogP contribution in [0.1, 0.15) is 26.3 Å². The Kier molecular flexibility index (Phi) is 6.70. The lowest BCUT2D eigenvalue weighted by Gasteiger charge is -2.21. The SMILES string of the molecule is CC(C)C(C)NCCN(C)Cc1csc(Br)c1. The molecule has 0 saturated heterocycles. The molecule has 2 nitrogen and oxygen atoms in total. The van der Waals surface area contributed by atoms with Crippen molar-refractivity contribution in [3.05, 3.63) is 20.8 Å². The summed E-state index contributed by atoms with van der Waals surface area (Å²) in [5.41, 5.74) is 1.39. The normalized spacial score (nSPS) is 13.6. The van der Waals surface area contributed by atoms with Gasteiger partial charge in [-0.3, -0.25) is 0 Å². The van der Waals surface area contributed by atoms with E-state index >= 15 is 0 Å². The minimum Gasteiger partial charge on any atom is -0.313 e. The third-order valence-electron chi connectivity index (χ3n) is 3.03. The van der Waals surface area contributed by atoms with E-state index in [0.717, 1.165) is 19.6 Å². The monoisotopic (exact) mass is 318 g/mol. The highest BCUT2D eigenvalue weighted by molar-refractivity contribution is 9.11. The van der Waals surface area contributed by atoms with Crippen LogP contribution in [0.5, 0.6) is 0 Å². The Morgan fingerprint density at radius 1 is 1.41 bits per heavy atom. The Balaban J connectivity index is 2.19. The molecule has 0 radical (unpaired) electrons. The number of nitrogens with one attached hydrogen (secondary N) is 1. The van der Waals surface area contributed by atoms with Gasteiger partial charge in [0.15, 0.2) is 0 Å². The number of halogens is 1. The molecule has 17 heavy (non-hydrogen) atoms. The summed E-state index contributed by atoms with van der Waals surface area (Å²) in [4.78, 5) is 2.36. The zero-order chi connectivity index (χ0) is 12.8. The largest absolute Gasteiger partial charge is 0.313 e. The lowest BCUT2D eigenvalue weighted by atomic mass is 10.1. The summed E-state index contributed by atoms with van der Waals surface area (Å²) in [5, 5.41) is 5.77. The number of nitrogens with zero attached hydrogens (tertiary/aromatic N) is 1. The van der Waals surface area contributed by atoms with Crippen molar-refractivity contribution in [1.82, 2.24) is 10.2 Å². The first kappa shape index (κ1) is 15.2. The third kappa shape index (κ3) is 6.00. The van der Waals surface area contributed by atoms with Crippen molar-refractivity contribution in [3.8, 4) is 0 Å². The average Bonchev–Trinajstić information content (AvgIpc) is 2.63. The van der Waals surface area contributed by atoms with E-state index in [2.05, 4.69) is 65.4 Å². The summed E-state index contributed by atoms with van der Waals surface area (Å²) < 4.78 is 1.22. The van der Waals surface area contributed by atoms with Crippen molar-refractivity contribution >= 4 is 27.3 Å². The maximum absolute atomic E-state index is 3.56. The fourth-order valence-corrected chi connectivity index (χ4v) is 2.74. The molecule has 0 aliphatic heterocycles. The molecule has 0 fully saturated rings. The van der Waals surface area contributed by atoms with Crippen molar-refractivity contribution < 1.29 is 0 Å². The zero-order valence-corrected chi connectivity index (χ0v) is 13.6. The molecule has 1 aromatic heterocycles. The van der Waals surface area contributed by atoms with E-state index < -0.39 is 0 Å². The van der Waals surface area contributed by atoms with Crippen LogP contribution in [0.4, 0.5) is 0 Å². The van der Waals surface area contributed by atoms with Gasteiger partial charge in [-0.05, 0) is 52.8 Å². The smallest absolute Gasteiger partial charge is 0.0701 e. The van der Waals surface area contributed by atoms with Gasteiger partial charge in [-0.15, -0.1) is 11.3 Å². The van der Waals surface area contributed by atoms with Gasteiger partial charge < -0.3 is 10.2 Å². The molecule has 4 heteroatoms. The minimum atomic E-state index is 0.596. The first-order valence-corrected chi connectivity index (χ1v) is 7.81. The van der Waals surface area contributed by atoms with E-state index in [4.69, 9.17) is 0 Å². The fraction of sp³-hybridized carbons (Fsp3) is 0.692. The summed E-state index contributed by atoms with van der Waals surface area (Å²) >= 11 is 5.25. The maximum Gasteiger partial charge on any atom is 0.0701 e. The highest BCUT2D eigenvalue weighted by Crippen LogP contribution is 2.21. The molecule has 1 aromatic rings. The third-order valence-corrected chi connectivity index (χ3v) is 4.59. The number of likely N-dealkylation sites (N-methyl/N-ethyl adjacent to an activating group) is 1. The number of hydrogen-bond donors (Lipinski definition) is 1. The van der Waals surface area contributed by atoms with Gasteiger partial charge in [-0.25, -0.2) is 0 Å². The van der Waals surface area contributed by atoms with Crippen LogP contribution in [-0.4, -0.2) is 31.1 Å². The summed E-state index contributed by atoms with van der Waals surface area (Å²) in [7, 11) is 2.17. The van der Waals surface area contributed by atoms with Crippen molar-refractivity contribution in [2.75, 3.05) is 20.1 Å². The Hall–Kier alpha value is 0.100. The summed E-state index contributed by atoms with van der Waals surface area (Å²) in [6, 6.07) is 2.80. The summed E-state index contributed by atoms with van der Waals surface area (Å²) in [6.07, 6.45) is 0. The van der Waals surface area contributed by atoms with Gasteiger partial charge in [0.25, 0.3) is 0 Å². The molecular formula is C13H23BrN2S. The van der Waals surface area contributed by atoms with Gasteiger partial charge in [-0.1, -0.05) is 13.8 Å². The van der Waals surface area contributed by atoms with Gasteiger partial charge in [0.2, 0.25) is 0 Å². The number of rotatable bonds is 7. The van der Waals surface area contributed by atoms with E-state index in [0.29, 0.717) is 12.0 Å². The lowest BCUT2D eigenvalue weighted by Crippen LogP contribution is -2.36. The number of thiophene rings is 1. The summed E-state index contributed by atoms with van der Waals surface area (Å²) in [6.45, 7) is 9.93. The quantitative estimate of drug-likeness (QED) is 0.826. The Labute approximate surface area is 118 Å². The molecule has 98 valence electrons. The van der Waals surface area contributed by atoms with E-state index in [1.54, 1.807) is 11.3 Å². The molecule has 1 rings (SSSR count). The molecule has 0 amide bonds. The average molecular weight is 319 g/mol. The van der Waals surface area contributed by atoms with E-state index in [-0.39, 0.29) is 0 Å².